The second kappa shape index (κ2) is 7.56. The molecule has 1 unspecified atom stereocenters. The van der Waals surface area contributed by atoms with E-state index in [0.29, 0.717) is 18.4 Å². The molecule has 2 aliphatic heterocycles. The van der Waals surface area contributed by atoms with Crippen LogP contribution in [0.2, 0.25) is 0 Å². The predicted molar refractivity (Wildman–Crippen MR) is 123 cm³/mol. The van der Waals surface area contributed by atoms with Gasteiger partial charge in [0, 0.05) is 34.0 Å². The number of thioether (sulfide) groups is 1. The maximum Gasteiger partial charge on any atom is 0.275 e. The Morgan fingerprint density at radius 3 is 2.34 bits per heavy atom. The number of benzene rings is 2. The molecule has 2 aromatic carbocycles. The first kappa shape index (κ1) is 20.4. The molecule has 32 heavy (non-hydrogen) atoms. The van der Waals surface area contributed by atoms with Gasteiger partial charge in [-0.25, -0.2) is 0 Å². The van der Waals surface area contributed by atoms with Crippen LogP contribution < -0.4 is 15.8 Å². The molecule has 2 aliphatic rings. The van der Waals surface area contributed by atoms with Crippen molar-refractivity contribution in [2.24, 2.45) is 0 Å². The predicted octanol–water partition coefficient (Wildman–Crippen LogP) is 3.48. The lowest BCUT2D eigenvalue weighted by Gasteiger charge is -2.29. The summed E-state index contributed by atoms with van der Waals surface area (Å²) in [6.45, 7) is 4.05. The van der Waals surface area contributed by atoms with Gasteiger partial charge in [0.25, 0.3) is 11.8 Å². The molecule has 0 spiro atoms. The Bertz CT molecular complexity index is 1230. The summed E-state index contributed by atoms with van der Waals surface area (Å²) in [5.74, 6) is -0.915. The summed E-state index contributed by atoms with van der Waals surface area (Å²) in [6.07, 6.45) is 0.680. The van der Waals surface area contributed by atoms with Crippen LogP contribution in [0.15, 0.2) is 65.6 Å². The molecule has 3 amide bonds. The molecule has 3 aromatic rings. The smallest absolute Gasteiger partial charge is 0.275 e. The Hall–Kier alpha value is -3.52. The van der Waals surface area contributed by atoms with Crippen LogP contribution in [0.3, 0.4) is 0 Å². The van der Waals surface area contributed by atoms with Crippen molar-refractivity contribution in [3.8, 4) is 5.69 Å². The summed E-state index contributed by atoms with van der Waals surface area (Å²) in [6, 6.07) is 18.7. The van der Waals surface area contributed by atoms with E-state index < -0.39 is 16.7 Å². The van der Waals surface area contributed by atoms with Crippen molar-refractivity contribution in [2.45, 2.75) is 36.5 Å². The Morgan fingerprint density at radius 1 is 0.938 bits per heavy atom. The second-order valence-electron chi connectivity index (χ2n) is 7.99. The van der Waals surface area contributed by atoms with E-state index in [-0.39, 0.29) is 5.91 Å². The Balaban J connectivity index is 1.29. The van der Waals surface area contributed by atoms with Crippen LogP contribution in [-0.4, -0.2) is 27.2 Å². The van der Waals surface area contributed by atoms with E-state index in [1.165, 1.54) is 11.8 Å². The first-order valence-corrected chi connectivity index (χ1v) is 11.2. The summed E-state index contributed by atoms with van der Waals surface area (Å²) in [5.41, 5.74) is 9.40. The number of aryl methyl sites for hydroxylation is 2. The fraction of sp³-hybridized carbons (Fsp3) is 0.208. The Labute approximate surface area is 189 Å². The highest BCUT2D eigenvalue weighted by atomic mass is 32.2. The van der Waals surface area contributed by atoms with Crippen molar-refractivity contribution in [1.82, 2.24) is 15.4 Å². The molecule has 1 fully saturated rings. The van der Waals surface area contributed by atoms with E-state index in [4.69, 9.17) is 0 Å². The number of anilines is 1. The zero-order valence-corrected chi connectivity index (χ0v) is 18.5. The minimum Gasteiger partial charge on any atom is -0.319 e. The number of carbonyl (C=O) groups is 3. The minimum atomic E-state index is -1.07. The molecule has 162 valence electrons. The van der Waals surface area contributed by atoms with Crippen LogP contribution >= 0.6 is 11.8 Å². The van der Waals surface area contributed by atoms with Crippen LogP contribution in [-0.2, 0) is 9.59 Å². The highest BCUT2D eigenvalue weighted by Gasteiger charge is 2.57. The van der Waals surface area contributed by atoms with Crippen LogP contribution in [0.5, 0.6) is 0 Å². The van der Waals surface area contributed by atoms with Crippen molar-refractivity contribution in [2.75, 3.05) is 4.90 Å². The van der Waals surface area contributed by atoms with Crippen molar-refractivity contribution in [3.63, 3.8) is 0 Å². The highest BCUT2D eigenvalue weighted by molar-refractivity contribution is 8.02. The molecule has 1 saturated heterocycles. The summed E-state index contributed by atoms with van der Waals surface area (Å²) in [7, 11) is 0. The van der Waals surface area contributed by atoms with Gasteiger partial charge in [0.05, 0.1) is 5.69 Å². The number of carbonyl (C=O) groups excluding carboxylic acids is 3. The van der Waals surface area contributed by atoms with Gasteiger partial charge in [0.1, 0.15) is 0 Å². The van der Waals surface area contributed by atoms with Gasteiger partial charge in [-0.1, -0.05) is 23.9 Å². The first-order valence-electron chi connectivity index (χ1n) is 10.4. The number of hydrazine groups is 1. The van der Waals surface area contributed by atoms with Gasteiger partial charge >= 0.3 is 0 Å². The minimum absolute atomic E-state index is 0.0879. The van der Waals surface area contributed by atoms with E-state index in [2.05, 4.69) is 15.4 Å². The SMILES string of the molecule is Cc1ccc(C)n1-c1ccc(C(=O)NNC(=O)C23CCC(=O)N2c2ccccc2S3)cc1. The molecule has 1 atom stereocenters. The van der Waals surface area contributed by atoms with Gasteiger partial charge in [0.15, 0.2) is 4.87 Å². The fourth-order valence-electron chi connectivity index (χ4n) is 4.42. The molecule has 8 heteroatoms. The summed E-state index contributed by atoms with van der Waals surface area (Å²) < 4.78 is 2.10. The number of fused-ring (bicyclic) bond motifs is 3. The van der Waals surface area contributed by atoms with Crippen molar-refractivity contribution in [3.05, 3.63) is 77.6 Å². The van der Waals surface area contributed by atoms with Crippen LogP contribution in [0.25, 0.3) is 5.69 Å². The lowest BCUT2D eigenvalue weighted by atomic mass is 10.2. The number of amides is 3. The number of nitrogens with zero attached hydrogens (tertiary/aromatic N) is 2. The standard InChI is InChI=1S/C24H22N4O3S/c1-15-7-8-16(2)27(15)18-11-9-17(10-12-18)22(30)25-26-23(31)24-14-13-21(29)28(24)19-5-3-4-6-20(19)32-24/h3-12H,13-14H2,1-2H3,(H,25,30)(H,26,31). The molecular formula is C24H22N4O3S. The topological polar surface area (TPSA) is 83.4 Å². The fourth-order valence-corrected chi connectivity index (χ4v) is 5.83. The lowest BCUT2D eigenvalue weighted by Crippen LogP contribution is -2.56. The summed E-state index contributed by atoms with van der Waals surface area (Å²) in [4.78, 5) is 39.7. The van der Waals surface area contributed by atoms with Crippen molar-refractivity contribution < 1.29 is 14.4 Å². The largest absolute Gasteiger partial charge is 0.319 e. The molecule has 0 saturated carbocycles. The number of aromatic nitrogens is 1. The first-order chi connectivity index (χ1) is 15.4. The third-order valence-corrected chi connectivity index (χ3v) is 7.45. The molecule has 2 N–H and O–H groups in total. The van der Waals surface area contributed by atoms with E-state index >= 15 is 0 Å². The van der Waals surface area contributed by atoms with E-state index in [9.17, 15) is 14.4 Å². The van der Waals surface area contributed by atoms with Gasteiger partial charge in [-0.2, -0.15) is 0 Å². The molecule has 5 rings (SSSR count). The highest BCUT2D eigenvalue weighted by Crippen LogP contribution is 2.55. The van der Waals surface area contributed by atoms with Gasteiger partial charge in [-0.3, -0.25) is 30.1 Å². The number of para-hydroxylation sites is 1. The molecule has 7 nitrogen and oxygen atoms in total. The average molecular weight is 447 g/mol. The molecule has 1 aromatic heterocycles. The third-order valence-electron chi connectivity index (χ3n) is 5.98. The Kier molecular flexibility index (Phi) is 4.82. The van der Waals surface area contributed by atoms with Crippen LogP contribution in [0.4, 0.5) is 5.69 Å². The van der Waals surface area contributed by atoms with Crippen molar-refractivity contribution >= 4 is 35.2 Å². The molecule has 0 radical (unpaired) electrons. The summed E-state index contributed by atoms with van der Waals surface area (Å²) >= 11 is 1.36. The van der Waals surface area contributed by atoms with Gasteiger partial charge < -0.3 is 4.57 Å². The monoisotopic (exact) mass is 446 g/mol. The van der Waals surface area contributed by atoms with E-state index in [1.807, 2.05) is 62.4 Å². The number of rotatable bonds is 3. The number of hydrogen-bond acceptors (Lipinski definition) is 4. The molecule has 0 aliphatic carbocycles. The van der Waals surface area contributed by atoms with Crippen LogP contribution in [0, 0.1) is 13.8 Å². The third kappa shape index (κ3) is 3.10. The zero-order chi connectivity index (χ0) is 22.5. The van der Waals surface area contributed by atoms with E-state index in [1.54, 1.807) is 17.0 Å². The molecule has 0 bridgehead atoms. The van der Waals surface area contributed by atoms with Gasteiger partial charge in [-0.15, -0.1) is 0 Å². The lowest BCUT2D eigenvalue weighted by molar-refractivity contribution is -0.125. The average Bonchev–Trinajstić information content (AvgIpc) is 3.43. The van der Waals surface area contributed by atoms with Crippen LogP contribution in [0.1, 0.15) is 34.6 Å². The number of nitrogens with one attached hydrogen (secondary N) is 2. The molecule has 3 heterocycles. The molecular weight excluding hydrogens is 424 g/mol. The normalized spacial score (nSPS) is 18.9. The zero-order valence-electron chi connectivity index (χ0n) is 17.7. The van der Waals surface area contributed by atoms with E-state index in [0.717, 1.165) is 27.7 Å². The summed E-state index contributed by atoms with van der Waals surface area (Å²) in [5, 5.41) is 0. The Morgan fingerprint density at radius 2 is 1.62 bits per heavy atom. The maximum atomic E-state index is 13.1. The van der Waals surface area contributed by atoms with Gasteiger partial charge in [0.2, 0.25) is 5.91 Å². The second-order valence-corrected chi connectivity index (χ2v) is 9.31. The maximum absolute atomic E-state index is 13.1. The number of hydrogen-bond donors (Lipinski definition) is 2. The quantitative estimate of drug-likeness (QED) is 0.604. The van der Waals surface area contributed by atoms with Crippen molar-refractivity contribution in [1.29, 1.82) is 0 Å². The van der Waals surface area contributed by atoms with Gasteiger partial charge in [-0.05, 0) is 68.8 Å².